The molecule has 0 unspecified atom stereocenters. The highest BCUT2D eigenvalue weighted by Gasteiger charge is 2.01. The molecule has 0 aliphatic carbocycles. The summed E-state index contributed by atoms with van der Waals surface area (Å²) in [5.74, 6) is 5.40. The van der Waals surface area contributed by atoms with Crippen molar-refractivity contribution < 1.29 is 14.6 Å². The van der Waals surface area contributed by atoms with E-state index in [2.05, 4.69) is 17.2 Å². The zero-order chi connectivity index (χ0) is 14.6. The molecule has 0 saturated carbocycles. The third-order valence-electron chi connectivity index (χ3n) is 2.58. The summed E-state index contributed by atoms with van der Waals surface area (Å²) in [5, 5.41) is 11.4. The van der Waals surface area contributed by atoms with E-state index in [1.165, 1.54) is 0 Å². The number of benzene rings is 1. The maximum Gasteiger partial charge on any atom is 0.222 e. The Balaban J connectivity index is 2.29. The Morgan fingerprint density at radius 1 is 1.30 bits per heavy atom. The van der Waals surface area contributed by atoms with E-state index in [0.29, 0.717) is 26.2 Å². The lowest BCUT2D eigenvalue weighted by molar-refractivity contribution is -0.122. The van der Waals surface area contributed by atoms with Gasteiger partial charge in [0.15, 0.2) is 0 Å². The van der Waals surface area contributed by atoms with E-state index in [-0.39, 0.29) is 12.5 Å². The minimum Gasteiger partial charge on any atom is -0.384 e. The third-order valence-corrected chi connectivity index (χ3v) is 2.58. The van der Waals surface area contributed by atoms with E-state index >= 15 is 0 Å². The highest BCUT2D eigenvalue weighted by Crippen LogP contribution is 2.03. The molecule has 1 aromatic carbocycles. The molecule has 0 heterocycles. The van der Waals surface area contributed by atoms with Crippen molar-refractivity contribution in [2.75, 3.05) is 19.8 Å². The first kappa shape index (κ1) is 16.2. The first-order chi connectivity index (χ1) is 9.76. The first-order valence-corrected chi connectivity index (χ1v) is 6.79. The number of hydrogen-bond acceptors (Lipinski definition) is 3. The summed E-state index contributed by atoms with van der Waals surface area (Å²) in [7, 11) is 0. The summed E-state index contributed by atoms with van der Waals surface area (Å²) in [6.45, 7) is 3.56. The monoisotopic (exact) mass is 275 g/mol. The molecule has 0 spiro atoms. The molecule has 1 rings (SSSR count). The number of carbonyl (C=O) groups excluding carboxylic acids is 1. The minimum absolute atomic E-state index is 0.00903. The summed E-state index contributed by atoms with van der Waals surface area (Å²) < 4.78 is 5.26. The second-order valence-electron chi connectivity index (χ2n) is 4.30. The fourth-order valence-electron chi connectivity index (χ4n) is 1.55. The van der Waals surface area contributed by atoms with Gasteiger partial charge in [-0.2, -0.15) is 0 Å². The van der Waals surface area contributed by atoms with Gasteiger partial charge in [-0.3, -0.25) is 4.79 Å². The quantitative estimate of drug-likeness (QED) is 0.585. The molecule has 0 atom stereocenters. The normalized spacial score (nSPS) is 9.70. The summed E-state index contributed by atoms with van der Waals surface area (Å²) in [5.41, 5.74) is 1.87. The van der Waals surface area contributed by atoms with Crippen LogP contribution < -0.4 is 5.32 Å². The Hall–Kier alpha value is -1.83. The van der Waals surface area contributed by atoms with Crippen LogP contribution >= 0.6 is 0 Å². The molecule has 1 aromatic rings. The number of rotatable bonds is 7. The van der Waals surface area contributed by atoms with Gasteiger partial charge in [-0.15, -0.1) is 0 Å². The van der Waals surface area contributed by atoms with E-state index in [4.69, 9.17) is 9.84 Å². The van der Waals surface area contributed by atoms with Crippen molar-refractivity contribution in [2.45, 2.75) is 26.3 Å². The van der Waals surface area contributed by atoms with Crippen molar-refractivity contribution in [1.82, 2.24) is 5.32 Å². The lowest BCUT2D eigenvalue weighted by Crippen LogP contribution is -2.23. The van der Waals surface area contributed by atoms with Crippen LogP contribution in [0.5, 0.6) is 0 Å². The Morgan fingerprint density at radius 2 is 2.05 bits per heavy atom. The Kier molecular flexibility index (Phi) is 8.13. The molecule has 0 radical (unpaired) electrons. The molecular weight excluding hydrogens is 254 g/mol. The molecular formula is C16H21NO3. The van der Waals surface area contributed by atoms with Crippen molar-refractivity contribution in [3.05, 3.63) is 35.4 Å². The zero-order valence-electron chi connectivity index (χ0n) is 11.8. The standard InChI is InChI=1S/C16H21NO3/c1-2-11-20-12-9-16(19)17-13-15-7-5-14(6-8-15)4-3-10-18/h5-8,18H,2,9-13H2,1H3,(H,17,19). The predicted molar refractivity (Wildman–Crippen MR) is 78.0 cm³/mol. The van der Waals surface area contributed by atoms with Gasteiger partial charge in [-0.25, -0.2) is 0 Å². The van der Waals surface area contributed by atoms with Gasteiger partial charge in [0.05, 0.1) is 6.61 Å². The van der Waals surface area contributed by atoms with Crippen LogP contribution in [-0.4, -0.2) is 30.8 Å². The SMILES string of the molecule is CCCOCCC(=O)NCc1ccc(C#CCO)cc1. The third kappa shape index (κ3) is 6.93. The number of amides is 1. The van der Waals surface area contributed by atoms with Crippen LogP contribution in [-0.2, 0) is 16.1 Å². The summed E-state index contributed by atoms with van der Waals surface area (Å²) in [6, 6.07) is 7.56. The number of nitrogens with one attached hydrogen (secondary N) is 1. The smallest absolute Gasteiger partial charge is 0.222 e. The van der Waals surface area contributed by atoms with Crippen LogP contribution in [0, 0.1) is 11.8 Å². The summed E-state index contributed by atoms with van der Waals surface area (Å²) in [4.78, 5) is 11.5. The fourth-order valence-corrected chi connectivity index (χ4v) is 1.55. The van der Waals surface area contributed by atoms with Crippen molar-refractivity contribution in [3.8, 4) is 11.8 Å². The van der Waals surface area contributed by atoms with Gasteiger partial charge in [-0.05, 0) is 24.1 Å². The molecule has 4 nitrogen and oxygen atoms in total. The highest BCUT2D eigenvalue weighted by molar-refractivity contribution is 5.75. The Bertz CT molecular complexity index is 457. The average Bonchev–Trinajstić information content (AvgIpc) is 2.48. The second-order valence-corrected chi connectivity index (χ2v) is 4.30. The number of carbonyl (C=O) groups is 1. The number of ether oxygens (including phenoxy) is 1. The molecule has 108 valence electrons. The van der Waals surface area contributed by atoms with Crippen molar-refractivity contribution in [1.29, 1.82) is 0 Å². The van der Waals surface area contributed by atoms with Crippen molar-refractivity contribution in [2.24, 2.45) is 0 Å². The number of aliphatic hydroxyl groups is 1. The van der Waals surface area contributed by atoms with Crippen LogP contribution in [0.3, 0.4) is 0 Å². The average molecular weight is 275 g/mol. The molecule has 2 N–H and O–H groups in total. The largest absolute Gasteiger partial charge is 0.384 e. The van der Waals surface area contributed by atoms with Gasteiger partial charge in [0.2, 0.25) is 5.91 Å². The maximum absolute atomic E-state index is 11.5. The topological polar surface area (TPSA) is 58.6 Å². The van der Waals surface area contributed by atoms with Crippen LogP contribution in [0.2, 0.25) is 0 Å². The molecule has 0 aliphatic heterocycles. The molecule has 0 aromatic heterocycles. The molecule has 20 heavy (non-hydrogen) atoms. The van der Waals surface area contributed by atoms with Gasteiger partial charge >= 0.3 is 0 Å². The van der Waals surface area contributed by atoms with Gasteiger partial charge in [-0.1, -0.05) is 30.9 Å². The van der Waals surface area contributed by atoms with Crippen molar-refractivity contribution in [3.63, 3.8) is 0 Å². The lowest BCUT2D eigenvalue weighted by atomic mass is 10.1. The number of aliphatic hydroxyl groups excluding tert-OH is 1. The second kappa shape index (κ2) is 10.0. The van der Waals surface area contributed by atoms with Crippen LogP contribution in [0.25, 0.3) is 0 Å². The Labute approximate surface area is 120 Å². The minimum atomic E-state index is -0.141. The molecule has 0 fully saturated rings. The summed E-state index contributed by atoms with van der Waals surface area (Å²) >= 11 is 0. The molecule has 0 saturated heterocycles. The predicted octanol–water partition coefficient (Wildman–Crippen LogP) is 1.46. The van der Waals surface area contributed by atoms with E-state index in [1.54, 1.807) is 0 Å². The van der Waals surface area contributed by atoms with E-state index < -0.39 is 0 Å². The van der Waals surface area contributed by atoms with E-state index in [1.807, 2.05) is 31.2 Å². The van der Waals surface area contributed by atoms with E-state index in [9.17, 15) is 4.79 Å². The molecule has 4 heteroatoms. The lowest BCUT2D eigenvalue weighted by Gasteiger charge is -2.06. The van der Waals surface area contributed by atoms with E-state index in [0.717, 1.165) is 17.5 Å². The first-order valence-electron chi connectivity index (χ1n) is 6.79. The maximum atomic E-state index is 11.5. The van der Waals surface area contributed by atoms with Gasteiger partial charge < -0.3 is 15.2 Å². The van der Waals surface area contributed by atoms with Gasteiger partial charge in [0.25, 0.3) is 0 Å². The van der Waals surface area contributed by atoms with Crippen LogP contribution in [0.4, 0.5) is 0 Å². The van der Waals surface area contributed by atoms with Crippen molar-refractivity contribution >= 4 is 5.91 Å². The summed E-state index contributed by atoms with van der Waals surface area (Å²) in [6.07, 6.45) is 1.35. The van der Waals surface area contributed by atoms with Crippen LogP contribution in [0.15, 0.2) is 24.3 Å². The van der Waals surface area contributed by atoms with Gasteiger partial charge in [0, 0.05) is 25.1 Å². The Morgan fingerprint density at radius 3 is 2.70 bits per heavy atom. The molecule has 0 bridgehead atoms. The molecule has 1 amide bonds. The van der Waals surface area contributed by atoms with Gasteiger partial charge in [0.1, 0.15) is 6.61 Å². The van der Waals surface area contributed by atoms with Crippen LogP contribution in [0.1, 0.15) is 30.9 Å². The highest BCUT2D eigenvalue weighted by atomic mass is 16.5. The zero-order valence-corrected chi connectivity index (χ0v) is 11.8. The molecule has 0 aliphatic rings. The fraction of sp³-hybridized carbons (Fsp3) is 0.438. The number of hydrogen-bond donors (Lipinski definition) is 2.